The number of aromatic nitrogens is 2. The minimum atomic E-state index is -0.0819. The first-order valence-corrected chi connectivity index (χ1v) is 9.69. The minimum Gasteiger partial charge on any atom is -0.497 e. The van der Waals surface area contributed by atoms with Gasteiger partial charge in [-0.1, -0.05) is 12.1 Å². The van der Waals surface area contributed by atoms with Gasteiger partial charge in [0, 0.05) is 12.8 Å². The second kappa shape index (κ2) is 7.64. The summed E-state index contributed by atoms with van der Waals surface area (Å²) in [4.78, 5) is 21.7. The Bertz CT molecular complexity index is 1050. The van der Waals surface area contributed by atoms with Crippen LogP contribution in [0.15, 0.2) is 47.3 Å². The maximum Gasteiger partial charge on any atom is 0.258 e. The lowest BCUT2D eigenvalue weighted by Crippen LogP contribution is -3.10. The summed E-state index contributed by atoms with van der Waals surface area (Å²) in [6.45, 7) is 3.15. The SMILES string of the molecule is COc1ccc(OC)c([C@H]2CCC[NH+]2[C@H](C)c2nc3ccccc3c(=O)[nH]2)c1. The number of aromatic amines is 1. The number of ether oxygens (including phenoxy) is 2. The van der Waals surface area contributed by atoms with Crippen LogP contribution in [-0.4, -0.2) is 30.7 Å². The van der Waals surface area contributed by atoms with E-state index in [1.165, 1.54) is 4.90 Å². The first-order chi connectivity index (χ1) is 13.6. The third kappa shape index (κ3) is 3.24. The van der Waals surface area contributed by atoms with E-state index < -0.39 is 0 Å². The third-order valence-corrected chi connectivity index (χ3v) is 5.82. The molecule has 1 fully saturated rings. The number of likely N-dealkylation sites (tertiary alicyclic amines) is 1. The van der Waals surface area contributed by atoms with Crippen LogP contribution in [-0.2, 0) is 0 Å². The van der Waals surface area contributed by atoms with Gasteiger partial charge in [0.1, 0.15) is 23.6 Å². The van der Waals surface area contributed by atoms with Gasteiger partial charge in [0.25, 0.3) is 5.56 Å². The summed E-state index contributed by atoms with van der Waals surface area (Å²) < 4.78 is 11.1. The van der Waals surface area contributed by atoms with Crippen molar-refractivity contribution in [2.24, 2.45) is 0 Å². The summed E-state index contributed by atoms with van der Waals surface area (Å²) in [6, 6.07) is 13.7. The van der Waals surface area contributed by atoms with Gasteiger partial charge < -0.3 is 19.4 Å². The van der Waals surface area contributed by atoms with Crippen LogP contribution >= 0.6 is 0 Å². The first-order valence-electron chi connectivity index (χ1n) is 9.69. The van der Waals surface area contributed by atoms with E-state index in [0.29, 0.717) is 5.39 Å². The minimum absolute atomic E-state index is 0.0562. The first kappa shape index (κ1) is 18.5. The van der Waals surface area contributed by atoms with Crippen LogP contribution in [0, 0.1) is 0 Å². The topological polar surface area (TPSA) is 68.7 Å². The fraction of sp³-hybridized carbons (Fsp3) is 0.364. The number of para-hydroxylation sites is 1. The van der Waals surface area contributed by atoms with E-state index in [1.54, 1.807) is 14.2 Å². The van der Waals surface area contributed by atoms with Crippen molar-refractivity contribution in [3.8, 4) is 11.5 Å². The second-order valence-electron chi connectivity index (χ2n) is 7.32. The highest BCUT2D eigenvalue weighted by Gasteiger charge is 2.37. The molecule has 0 radical (unpaired) electrons. The fourth-order valence-electron chi connectivity index (χ4n) is 4.34. The molecular weight excluding hydrogens is 354 g/mol. The zero-order valence-corrected chi connectivity index (χ0v) is 16.5. The molecule has 1 aliphatic heterocycles. The van der Waals surface area contributed by atoms with Gasteiger partial charge >= 0.3 is 0 Å². The molecule has 1 saturated heterocycles. The zero-order chi connectivity index (χ0) is 19.7. The summed E-state index contributed by atoms with van der Waals surface area (Å²) in [5, 5.41) is 0.626. The number of quaternary nitrogens is 1. The molecule has 2 N–H and O–H groups in total. The number of nitrogens with one attached hydrogen (secondary N) is 2. The molecule has 2 heterocycles. The number of hydrogen-bond acceptors (Lipinski definition) is 4. The standard InChI is InChI=1S/C22H25N3O3/c1-14(21-23-18-8-5-4-7-16(18)22(26)24-21)25-12-6-9-19(25)17-13-15(27-2)10-11-20(17)28-3/h4-5,7-8,10-11,13-14,19H,6,9,12H2,1-3H3,(H,23,24,26)/p+1/t14-,19-/m1/s1. The Morgan fingerprint density at radius 3 is 2.79 bits per heavy atom. The highest BCUT2D eigenvalue weighted by molar-refractivity contribution is 5.77. The van der Waals surface area contributed by atoms with Gasteiger partial charge in [0.2, 0.25) is 0 Å². The molecule has 3 aromatic rings. The average Bonchev–Trinajstić information content (AvgIpc) is 3.22. The number of H-pyrrole nitrogens is 1. The average molecular weight is 380 g/mol. The molecule has 6 heteroatoms. The van der Waals surface area contributed by atoms with Gasteiger partial charge in [-0.05, 0) is 37.3 Å². The van der Waals surface area contributed by atoms with Crippen LogP contribution in [0.1, 0.15) is 43.2 Å². The molecule has 0 saturated carbocycles. The summed E-state index contributed by atoms with van der Waals surface area (Å²) >= 11 is 0. The smallest absolute Gasteiger partial charge is 0.258 e. The van der Waals surface area contributed by atoms with Gasteiger partial charge in [0.15, 0.2) is 5.82 Å². The highest BCUT2D eigenvalue weighted by atomic mass is 16.5. The lowest BCUT2D eigenvalue weighted by Gasteiger charge is -2.28. The molecule has 1 aromatic heterocycles. The van der Waals surface area contributed by atoms with Crippen molar-refractivity contribution in [1.29, 1.82) is 0 Å². The van der Waals surface area contributed by atoms with Gasteiger partial charge in [-0.2, -0.15) is 0 Å². The molecule has 28 heavy (non-hydrogen) atoms. The van der Waals surface area contributed by atoms with Gasteiger partial charge in [-0.15, -0.1) is 0 Å². The van der Waals surface area contributed by atoms with Crippen LogP contribution < -0.4 is 19.9 Å². The molecule has 4 rings (SSSR count). The molecule has 3 atom stereocenters. The maximum absolute atomic E-state index is 12.5. The lowest BCUT2D eigenvalue weighted by atomic mass is 10.0. The molecule has 6 nitrogen and oxygen atoms in total. The number of nitrogens with zero attached hydrogens (tertiary/aromatic N) is 1. The molecule has 1 unspecified atom stereocenters. The van der Waals surface area contributed by atoms with Crippen molar-refractivity contribution in [3.63, 3.8) is 0 Å². The zero-order valence-electron chi connectivity index (χ0n) is 16.5. The Kier molecular flexibility index (Phi) is 5.05. The monoisotopic (exact) mass is 380 g/mol. The van der Waals surface area contributed by atoms with E-state index in [0.717, 1.165) is 47.8 Å². The third-order valence-electron chi connectivity index (χ3n) is 5.82. The molecule has 0 amide bonds. The van der Waals surface area contributed by atoms with Gasteiger partial charge in [0.05, 0.1) is 37.2 Å². The van der Waals surface area contributed by atoms with E-state index in [9.17, 15) is 4.79 Å². The molecule has 0 bridgehead atoms. The number of benzene rings is 2. The van der Waals surface area contributed by atoms with Crippen molar-refractivity contribution in [2.45, 2.75) is 31.8 Å². The van der Waals surface area contributed by atoms with Crippen LogP contribution in [0.5, 0.6) is 11.5 Å². The number of rotatable bonds is 5. The summed E-state index contributed by atoms with van der Waals surface area (Å²) in [6.07, 6.45) is 2.17. The summed E-state index contributed by atoms with van der Waals surface area (Å²) in [5.74, 6) is 2.43. The predicted molar refractivity (Wildman–Crippen MR) is 108 cm³/mol. The van der Waals surface area contributed by atoms with E-state index in [-0.39, 0.29) is 17.6 Å². The number of methoxy groups -OCH3 is 2. The van der Waals surface area contributed by atoms with E-state index in [1.807, 2.05) is 36.4 Å². The van der Waals surface area contributed by atoms with Crippen molar-refractivity contribution in [2.75, 3.05) is 20.8 Å². The predicted octanol–water partition coefficient (Wildman–Crippen LogP) is 2.42. The van der Waals surface area contributed by atoms with Crippen molar-refractivity contribution < 1.29 is 14.4 Å². The normalized spacial score (nSPS) is 20.2. The Hall–Kier alpha value is -2.86. The fourth-order valence-corrected chi connectivity index (χ4v) is 4.34. The largest absolute Gasteiger partial charge is 0.497 e. The molecular formula is C22H26N3O3+. The quantitative estimate of drug-likeness (QED) is 0.713. The van der Waals surface area contributed by atoms with Gasteiger partial charge in [-0.3, -0.25) is 4.79 Å². The number of hydrogen-bond donors (Lipinski definition) is 2. The van der Waals surface area contributed by atoms with Gasteiger partial charge in [-0.25, -0.2) is 4.98 Å². The summed E-state index contributed by atoms with van der Waals surface area (Å²) in [7, 11) is 3.38. The van der Waals surface area contributed by atoms with Crippen LogP contribution in [0.4, 0.5) is 0 Å². The molecule has 2 aromatic carbocycles. The Labute approximate surface area is 164 Å². The lowest BCUT2D eigenvalue weighted by molar-refractivity contribution is -0.948. The van der Waals surface area contributed by atoms with Crippen LogP contribution in [0.3, 0.4) is 0 Å². The van der Waals surface area contributed by atoms with E-state index >= 15 is 0 Å². The van der Waals surface area contributed by atoms with Crippen LogP contribution in [0.25, 0.3) is 10.9 Å². The molecule has 146 valence electrons. The van der Waals surface area contributed by atoms with E-state index in [2.05, 4.69) is 18.0 Å². The Morgan fingerprint density at radius 2 is 2.00 bits per heavy atom. The highest BCUT2D eigenvalue weighted by Crippen LogP contribution is 2.32. The van der Waals surface area contributed by atoms with Crippen molar-refractivity contribution in [3.05, 3.63) is 64.2 Å². The summed E-state index contributed by atoms with van der Waals surface area (Å²) in [5.41, 5.74) is 1.80. The van der Waals surface area contributed by atoms with E-state index in [4.69, 9.17) is 14.5 Å². The maximum atomic E-state index is 12.5. The second-order valence-corrected chi connectivity index (χ2v) is 7.32. The Morgan fingerprint density at radius 1 is 1.18 bits per heavy atom. The van der Waals surface area contributed by atoms with Crippen molar-refractivity contribution in [1.82, 2.24) is 9.97 Å². The molecule has 0 spiro atoms. The number of fused-ring (bicyclic) bond motifs is 1. The Balaban J connectivity index is 1.72. The molecule has 0 aliphatic carbocycles. The molecule has 1 aliphatic rings. The van der Waals surface area contributed by atoms with Crippen LogP contribution in [0.2, 0.25) is 0 Å². The van der Waals surface area contributed by atoms with Crippen molar-refractivity contribution >= 4 is 10.9 Å².